The molecule has 0 amide bonds. The van der Waals surface area contributed by atoms with Crippen LogP contribution >= 0.6 is 50.5 Å². The average Bonchev–Trinajstić information content (AvgIpc) is 2.69. The fourth-order valence-corrected chi connectivity index (χ4v) is 3.63. The van der Waals surface area contributed by atoms with Gasteiger partial charge < -0.3 is 5.32 Å². The van der Waals surface area contributed by atoms with Crippen LogP contribution in [0.1, 0.15) is 24.1 Å². The Morgan fingerprint density at radius 3 is 2.63 bits per heavy atom. The molecule has 102 valence electrons. The van der Waals surface area contributed by atoms with E-state index in [1.54, 1.807) is 6.07 Å². The molecule has 1 unspecified atom stereocenters. The molecule has 19 heavy (non-hydrogen) atoms. The van der Waals surface area contributed by atoms with Gasteiger partial charge in [0, 0.05) is 5.56 Å². The van der Waals surface area contributed by atoms with Crippen molar-refractivity contribution in [2.75, 3.05) is 6.54 Å². The van der Waals surface area contributed by atoms with Crippen molar-refractivity contribution in [1.29, 1.82) is 0 Å². The number of nitrogens with one attached hydrogen (secondary N) is 1. The minimum absolute atomic E-state index is 0.163. The lowest BCUT2D eigenvalue weighted by Crippen LogP contribution is -2.21. The molecule has 6 heteroatoms. The Hall–Kier alpha value is -0.130. The topological polar surface area (TPSA) is 12.0 Å². The summed E-state index contributed by atoms with van der Waals surface area (Å²) in [5, 5.41) is 3.30. The van der Waals surface area contributed by atoms with E-state index in [2.05, 4.69) is 21.2 Å². The molecular weight excluding hydrogens is 372 g/mol. The lowest BCUT2D eigenvalue weighted by atomic mass is 10.0. The summed E-state index contributed by atoms with van der Waals surface area (Å²) in [7, 11) is 0. The second-order valence-corrected chi connectivity index (χ2v) is 7.08. The number of rotatable bonds is 4. The first-order valence-corrected chi connectivity index (χ1v) is 8.02. The van der Waals surface area contributed by atoms with Crippen LogP contribution in [0.5, 0.6) is 0 Å². The van der Waals surface area contributed by atoms with Crippen LogP contribution in [0.15, 0.2) is 28.7 Å². The van der Waals surface area contributed by atoms with Gasteiger partial charge in [-0.3, -0.25) is 0 Å². The zero-order valence-corrected chi connectivity index (χ0v) is 13.9. The highest BCUT2D eigenvalue weighted by atomic mass is 79.9. The summed E-state index contributed by atoms with van der Waals surface area (Å²) >= 11 is 16.6. The summed E-state index contributed by atoms with van der Waals surface area (Å²) in [6.07, 6.45) is 0. The van der Waals surface area contributed by atoms with E-state index in [4.69, 9.17) is 23.2 Å². The summed E-state index contributed by atoms with van der Waals surface area (Å²) in [6, 6.07) is 6.71. The minimum atomic E-state index is -0.294. The van der Waals surface area contributed by atoms with Crippen molar-refractivity contribution in [1.82, 2.24) is 5.32 Å². The Balaban J connectivity index is 2.44. The zero-order chi connectivity index (χ0) is 14.0. The number of halogens is 4. The van der Waals surface area contributed by atoms with Crippen LogP contribution in [0, 0.1) is 5.82 Å². The third kappa shape index (κ3) is 3.50. The third-order valence-corrected chi connectivity index (χ3v) is 4.84. The van der Waals surface area contributed by atoms with Gasteiger partial charge in [-0.2, -0.15) is 0 Å². The Labute approximate surface area is 133 Å². The maximum absolute atomic E-state index is 13.7. The van der Waals surface area contributed by atoms with Gasteiger partial charge in [-0.05, 0) is 46.2 Å². The van der Waals surface area contributed by atoms with Crippen LogP contribution in [-0.4, -0.2) is 6.54 Å². The third-order valence-electron chi connectivity index (χ3n) is 2.68. The van der Waals surface area contributed by atoms with Crippen LogP contribution in [-0.2, 0) is 0 Å². The average molecular weight is 383 g/mol. The number of hydrogen-bond donors (Lipinski definition) is 1. The van der Waals surface area contributed by atoms with Gasteiger partial charge in [0.1, 0.15) is 5.82 Å². The number of hydrogen-bond acceptors (Lipinski definition) is 2. The molecule has 0 radical (unpaired) electrons. The molecule has 0 spiro atoms. The highest BCUT2D eigenvalue weighted by molar-refractivity contribution is 9.10. The molecule has 1 nitrogen and oxygen atoms in total. The summed E-state index contributed by atoms with van der Waals surface area (Å²) in [5.41, 5.74) is 1.69. The highest BCUT2D eigenvalue weighted by Crippen LogP contribution is 2.37. The van der Waals surface area contributed by atoms with Crippen molar-refractivity contribution >= 4 is 50.5 Å². The largest absolute Gasteiger partial charge is 0.306 e. The Bertz CT molecular complexity index is 588. The molecule has 0 fully saturated rings. The van der Waals surface area contributed by atoms with Gasteiger partial charge in [0.25, 0.3) is 0 Å². The molecule has 0 aliphatic carbocycles. The molecule has 0 saturated carbocycles. The van der Waals surface area contributed by atoms with Crippen LogP contribution < -0.4 is 5.32 Å². The standard InChI is InChI=1S/C13H11BrCl2FNS/c1-2-18-12(8-6-11(15)19-13(8)16)7-3-4-9(14)10(17)5-7/h3-6,12,18H,2H2,1H3. The van der Waals surface area contributed by atoms with E-state index >= 15 is 0 Å². The smallest absolute Gasteiger partial charge is 0.137 e. The molecule has 2 rings (SSSR count). The summed E-state index contributed by atoms with van der Waals surface area (Å²) < 4.78 is 15.4. The van der Waals surface area contributed by atoms with Crippen molar-refractivity contribution in [2.45, 2.75) is 13.0 Å². The van der Waals surface area contributed by atoms with Gasteiger partial charge in [0.15, 0.2) is 0 Å². The first-order valence-electron chi connectivity index (χ1n) is 5.66. The Kier molecular flexibility index (Phi) is 5.26. The van der Waals surface area contributed by atoms with E-state index in [1.807, 2.05) is 19.1 Å². The lowest BCUT2D eigenvalue weighted by Gasteiger charge is -2.18. The van der Waals surface area contributed by atoms with Crippen molar-refractivity contribution in [3.63, 3.8) is 0 Å². The molecular formula is C13H11BrCl2FNS. The predicted molar refractivity (Wildman–Crippen MR) is 84.0 cm³/mol. The number of benzene rings is 1. The van der Waals surface area contributed by atoms with E-state index in [1.165, 1.54) is 17.4 Å². The molecule has 1 heterocycles. The van der Waals surface area contributed by atoms with Crippen LogP contribution in [0.4, 0.5) is 4.39 Å². The summed E-state index contributed by atoms with van der Waals surface area (Å²) in [5.74, 6) is -0.294. The molecule has 1 aromatic heterocycles. The first kappa shape index (κ1) is 15.3. The van der Waals surface area contributed by atoms with Crippen LogP contribution in [0.25, 0.3) is 0 Å². The lowest BCUT2D eigenvalue weighted by molar-refractivity contribution is 0.599. The van der Waals surface area contributed by atoms with E-state index in [0.717, 1.165) is 17.7 Å². The van der Waals surface area contributed by atoms with Crippen LogP contribution in [0.3, 0.4) is 0 Å². The van der Waals surface area contributed by atoms with Gasteiger partial charge in [0.05, 0.1) is 19.2 Å². The van der Waals surface area contributed by atoms with Crippen molar-refractivity contribution in [3.05, 3.63) is 54.4 Å². The fraction of sp³-hybridized carbons (Fsp3) is 0.231. The van der Waals surface area contributed by atoms with Gasteiger partial charge in [-0.15, -0.1) is 11.3 Å². The molecule has 0 bridgehead atoms. The van der Waals surface area contributed by atoms with Crippen molar-refractivity contribution in [2.24, 2.45) is 0 Å². The minimum Gasteiger partial charge on any atom is -0.306 e. The summed E-state index contributed by atoms with van der Waals surface area (Å²) in [4.78, 5) is 0. The fourth-order valence-electron chi connectivity index (χ4n) is 1.85. The van der Waals surface area contributed by atoms with Gasteiger partial charge in [-0.25, -0.2) is 4.39 Å². The highest BCUT2D eigenvalue weighted by Gasteiger charge is 2.19. The number of thiophene rings is 1. The zero-order valence-electron chi connectivity index (χ0n) is 10.0. The van der Waals surface area contributed by atoms with Crippen molar-refractivity contribution < 1.29 is 4.39 Å². The first-order chi connectivity index (χ1) is 9.02. The van der Waals surface area contributed by atoms with Gasteiger partial charge >= 0.3 is 0 Å². The molecule has 1 atom stereocenters. The quantitative estimate of drug-likeness (QED) is 0.719. The monoisotopic (exact) mass is 381 g/mol. The second-order valence-electron chi connectivity index (χ2n) is 3.94. The Morgan fingerprint density at radius 2 is 2.11 bits per heavy atom. The molecule has 2 aromatic rings. The molecule has 1 N–H and O–H groups in total. The predicted octanol–water partition coefficient (Wildman–Crippen LogP) is 5.66. The second kappa shape index (κ2) is 6.55. The van der Waals surface area contributed by atoms with E-state index < -0.39 is 0 Å². The molecule has 0 saturated heterocycles. The maximum Gasteiger partial charge on any atom is 0.137 e. The Morgan fingerprint density at radius 1 is 1.37 bits per heavy atom. The SMILES string of the molecule is CCNC(c1ccc(Br)c(F)c1)c1cc(Cl)sc1Cl. The van der Waals surface area contributed by atoms with E-state index in [0.29, 0.717) is 13.1 Å². The van der Waals surface area contributed by atoms with Gasteiger partial charge in [0.2, 0.25) is 0 Å². The molecule has 0 aliphatic rings. The van der Waals surface area contributed by atoms with E-state index in [9.17, 15) is 4.39 Å². The van der Waals surface area contributed by atoms with Gasteiger partial charge in [-0.1, -0.05) is 36.2 Å². The maximum atomic E-state index is 13.7. The molecule has 0 aliphatic heterocycles. The van der Waals surface area contributed by atoms with E-state index in [-0.39, 0.29) is 11.9 Å². The van der Waals surface area contributed by atoms with Crippen LogP contribution in [0.2, 0.25) is 8.67 Å². The van der Waals surface area contributed by atoms with Crippen molar-refractivity contribution in [3.8, 4) is 0 Å². The molecule has 1 aromatic carbocycles. The normalized spacial score (nSPS) is 12.7. The summed E-state index contributed by atoms with van der Waals surface area (Å²) in [6.45, 7) is 2.73.